The number of ether oxygens (including phenoxy) is 1. The first-order valence-corrected chi connectivity index (χ1v) is 8.16. The summed E-state index contributed by atoms with van der Waals surface area (Å²) in [5, 5.41) is 3.31. The van der Waals surface area contributed by atoms with Crippen LogP contribution in [0.4, 0.5) is 5.69 Å². The van der Waals surface area contributed by atoms with Gasteiger partial charge >= 0.3 is 0 Å². The van der Waals surface area contributed by atoms with Crippen LogP contribution in [0.25, 0.3) is 11.0 Å². The van der Waals surface area contributed by atoms with Crippen molar-refractivity contribution in [1.82, 2.24) is 8.75 Å². The molecule has 0 saturated carbocycles. The van der Waals surface area contributed by atoms with Crippen LogP contribution in [0.3, 0.4) is 0 Å². The molecule has 7 heteroatoms. The van der Waals surface area contributed by atoms with Crippen LogP contribution in [-0.4, -0.2) is 21.3 Å². The summed E-state index contributed by atoms with van der Waals surface area (Å²) in [5.41, 5.74) is 3.51. The van der Waals surface area contributed by atoms with Gasteiger partial charge in [0.25, 0.3) is 5.91 Å². The van der Waals surface area contributed by atoms with E-state index in [4.69, 9.17) is 16.3 Å². The fourth-order valence-corrected chi connectivity index (χ4v) is 2.99. The molecule has 23 heavy (non-hydrogen) atoms. The molecule has 1 aromatic heterocycles. The second kappa shape index (κ2) is 6.52. The highest BCUT2D eigenvalue weighted by atomic mass is 35.5. The maximum Gasteiger partial charge on any atom is 0.255 e. The number of benzene rings is 2. The van der Waals surface area contributed by atoms with Crippen molar-refractivity contribution >= 4 is 46.0 Å². The Morgan fingerprint density at radius 1 is 1.30 bits per heavy atom. The summed E-state index contributed by atoms with van der Waals surface area (Å²) in [6.45, 7) is 4.31. The van der Waals surface area contributed by atoms with Gasteiger partial charge in [0.2, 0.25) is 0 Å². The molecule has 118 valence electrons. The topological polar surface area (TPSA) is 64.1 Å². The lowest BCUT2D eigenvalue weighted by Crippen LogP contribution is -2.13. The fraction of sp³-hybridized carbons (Fsp3) is 0.188. The number of halogens is 1. The Labute approximate surface area is 142 Å². The molecule has 0 aliphatic heterocycles. The lowest BCUT2D eigenvalue weighted by atomic mass is 10.1. The number of carbonyl (C=O) groups is 1. The highest BCUT2D eigenvalue weighted by Gasteiger charge is 2.14. The number of rotatable bonds is 4. The number of aryl methyl sites for hydroxylation is 1. The van der Waals surface area contributed by atoms with E-state index in [1.165, 1.54) is 0 Å². The summed E-state index contributed by atoms with van der Waals surface area (Å²) in [6, 6.07) is 8.76. The average molecular weight is 348 g/mol. The number of anilines is 1. The molecule has 0 atom stereocenters. The van der Waals surface area contributed by atoms with Crippen LogP contribution in [0.2, 0.25) is 5.02 Å². The van der Waals surface area contributed by atoms with E-state index >= 15 is 0 Å². The zero-order chi connectivity index (χ0) is 16.4. The lowest BCUT2D eigenvalue weighted by molar-refractivity contribution is 0.102. The standard InChI is InChI=1S/C16H14ClN3O2S/c1-3-22-13-7-5-10(8-11(13)17)16(21)18-14-9(2)4-6-12-15(14)20-23-19-12/h4-8H,3H2,1-2H3,(H,18,21). The minimum Gasteiger partial charge on any atom is -0.492 e. The third-order valence-corrected chi connectivity index (χ3v) is 4.21. The number of fused-ring (bicyclic) bond motifs is 1. The molecule has 1 N–H and O–H groups in total. The molecule has 1 heterocycles. The van der Waals surface area contributed by atoms with Crippen molar-refractivity contribution in [3.63, 3.8) is 0 Å². The van der Waals surface area contributed by atoms with Crippen LogP contribution in [0, 0.1) is 6.92 Å². The van der Waals surface area contributed by atoms with Crippen molar-refractivity contribution in [1.29, 1.82) is 0 Å². The SMILES string of the molecule is CCOc1ccc(C(=O)Nc2c(C)ccc3nsnc23)cc1Cl. The van der Waals surface area contributed by atoms with Gasteiger partial charge < -0.3 is 10.1 Å². The molecule has 0 aliphatic rings. The van der Waals surface area contributed by atoms with Crippen LogP contribution in [0.1, 0.15) is 22.8 Å². The second-order valence-electron chi connectivity index (χ2n) is 4.92. The molecule has 2 aromatic carbocycles. The summed E-state index contributed by atoms with van der Waals surface area (Å²) >= 11 is 7.26. The number of hydrogen-bond donors (Lipinski definition) is 1. The maximum atomic E-state index is 12.5. The molecule has 0 unspecified atom stereocenters. The molecule has 0 spiro atoms. The minimum atomic E-state index is -0.251. The van der Waals surface area contributed by atoms with Gasteiger partial charge in [-0.15, -0.1) is 0 Å². The number of hydrogen-bond acceptors (Lipinski definition) is 5. The van der Waals surface area contributed by atoms with Crippen LogP contribution in [0.15, 0.2) is 30.3 Å². The number of nitrogens with zero attached hydrogens (tertiary/aromatic N) is 2. The Balaban J connectivity index is 1.90. The summed E-state index contributed by atoms with van der Waals surface area (Å²) in [6.07, 6.45) is 0. The largest absolute Gasteiger partial charge is 0.492 e. The fourth-order valence-electron chi connectivity index (χ4n) is 2.21. The predicted molar refractivity (Wildman–Crippen MR) is 92.7 cm³/mol. The minimum absolute atomic E-state index is 0.251. The first-order valence-electron chi connectivity index (χ1n) is 7.05. The van der Waals surface area contributed by atoms with E-state index in [0.29, 0.717) is 34.1 Å². The number of nitrogens with one attached hydrogen (secondary N) is 1. The first kappa shape index (κ1) is 15.7. The molecule has 3 aromatic rings. The van der Waals surface area contributed by atoms with E-state index in [1.807, 2.05) is 26.0 Å². The highest BCUT2D eigenvalue weighted by Crippen LogP contribution is 2.28. The molecule has 5 nitrogen and oxygen atoms in total. The van der Waals surface area contributed by atoms with Crippen molar-refractivity contribution in [3.05, 3.63) is 46.5 Å². The Morgan fingerprint density at radius 2 is 2.13 bits per heavy atom. The van der Waals surface area contributed by atoms with E-state index < -0.39 is 0 Å². The summed E-state index contributed by atoms with van der Waals surface area (Å²) in [4.78, 5) is 12.5. The molecule has 0 bridgehead atoms. The van der Waals surface area contributed by atoms with Crippen LogP contribution in [-0.2, 0) is 0 Å². The van der Waals surface area contributed by atoms with E-state index in [9.17, 15) is 4.79 Å². The van der Waals surface area contributed by atoms with E-state index in [1.54, 1.807) is 18.2 Å². The van der Waals surface area contributed by atoms with Gasteiger partial charge in [0.05, 0.1) is 29.0 Å². The summed E-state index contributed by atoms with van der Waals surface area (Å²) in [5.74, 6) is 0.311. The normalized spacial score (nSPS) is 10.7. The molecular formula is C16H14ClN3O2S. The van der Waals surface area contributed by atoms with Crippen molar-refractivity contribution in [2.45, 2.75) is 13.8 Å². The van der Waals surface area contributed by atoms with Gasteiger partial charge in [0.15, 0.2) is 0 Å². The smallest absolute Gasteiger partial charge is 0.255 e. The zero-order valence-electron chi connectivity index (χ0n) is 12.6. The van der Waals surface area contributed by atoms with Crippen LogP contribution in [0.5, 0.6) is 5.75 Å². The van der Waals surface area contributed by atoms with E-state index in [-0.39, 0.29) is 5.91 Å². The third kappa shape index (κ3) is 3.13. The third-order valence-electron chi connectivity index (χ3n) is 3.37. The van der Waals surface area contributed by atoms with Gasteiger partial charge in [0, 0.05) is 5.56 Å². The van der Waals surface area contributed by atoms with Gasteiger partial charge in [-0.05, 0) is 43.7 Å². The molecule has 1 amide bonds. The van der Waals surface area contributed by atoms with Crippen LogP contribution < -0.4 is 10.1 Å². The van der Waals surface area contributed by atoms with Gasteiger partial charge in [-0.2, -0.15) is 8.75 Å². The highest BCUT2D eigenvalue weighted by molar-refractivity contribution is 7.00. The Bertz CT molecular complexity index is 879. The van der Waals surface area contributed by atoms with E-state index in [2.05, 4.69) is 14.1 Å². The van der Waals surface area contributed by atoms with Crippen molar-refractivity contribution in [3.8, 4) is 5.75 Å². The zero-order valence-corrected chi connectivity index (χ0v) is 14.2. The Hall–Kier alpha value is -2.18. The summed E-state index contributed by atoms with van der Waals surface area (Å²) in [7, 11) is 0. The molecule has 0 fully saturated rings. The van der Waals surface area contributed by atoms with Crippen LogP contribution >= 0.6 is 23.3 Å². The van der Waals surface area contributed by atoms with Crippen molar-refractivity contribution < 1.29 is 9.53 Å². The maximum absolute atomic E-state index is 12.5. The average Bonchev–Trinajstić information content (AvgIpc) is 3.01. The number of aromatic nitrogens is 2. The monoisotopic (exact) mass is 347 g/mol. The number of carbonyl (C=O) groups excluding carboxylic acids is 1. The Kier molecular flexibility index (Phi) is 4.45. The van der Waals surface area contributed by atoms with Gasteiger partial charge in [-0.3, -0.25) is 4.79 Å². The molecule has 0 aliphatic carbocycles. The van der Waals surface area contributed by atoms with Gasteiger partial charge in [-0.25, -0.2) is 0 Å². The lowest BCUT2D eigenvalue weighted by Gasteiger charge is -2.10. The Morgan fingerprint density at radius 3 is 2.87 bits per heavy atom. The molecule has 3 rings (SSSR count). The quantitative estimate of drug-likeness (QED) is 0.764. The molecule has 0 radical (unpaired) electrons. The van der Waals surface area contributed by atoms with Gasteiger partial charge in [-0.1, -0.05) is 17.7 Å². The van der Waals surface area contributed by atoms with Crippen molar-refractivity contribution in [2.24, 2.45) is 0 Å². The predicted octanol–water partition coefficient (Wildman–Crippen LogP) is 4.30. The van der Waals surface area contributed by atoms with E-state index in [0.717, 1.165) is 22.8 Å². The van der Waals surface area contributed by atoms with Gasteiger partial charge in [0.1, 0.15) is 16.8 Å². The number of amides is 1. The first-order chi connectivity index (χ1) is 11.1. The molecular weight excluding hydrogens is 334 g/mol. The molecule has 0 saturated heterocycles. The van der Waals surface area contributed by atoms with Crippen molar-refractivity contribution in [2.75, 3.05) is 11.9 Å². The summed E-state index contributed by atoms with van der Waals surface area (Å²) < 4.78 is 13.8. The second-order valence-corrected chi connectivity index (χ2v) is 5.86.